The number of carbonyl (C=O) groups excluding carboxylic acids is 2. The van der Waals surface area contributed by atoms with Gasteiger partial charge in [0.2, 0.25) is 0 Å². The van der Waals surface area contributed by atoms with Crippen LogP contribution in [0.25, 0.3) is 6.08 Å². The minimum Gasteiger partial charge on any atom is -0.352 e. The number of nitrogens with one attached hydrogen (secondary N) is 1. The molecule has 0 bridgehead atoms. The van der Waals surface area contributed by atoms with E-state index in [0.29, 0.717) is 33.9 Å². The fourth-order valence-corrected chi connectivity index (χ4v) is 6.96. The minimum absolute atomic E-state index is 0.0714. The SMILES string of the molecule is O=C(NCCc1ccc(Cl)cc1)c1ccc(/C=C2/SC3CCCCC3N(Cc3cccc(Cl)c3)C2=O)cc1. The lowest BCUT2D eigenvalue weighted by molar-refractivity contribution is -0.130. The molecular weight excluding hydrogens is 535 g/mol. The zero-order chi connectivity index (χ0) is 26.5. The van der Waals surface area contributed by atoms with Crippen molar-refractivity contribution in [3.63, 3.8) is 0 Å². The molecule has 2 unspecified atom stereocenters. The van der Waals surface area contributed by atoms with Gasteiger partial charge in [-0.1, -0.05) is 72.4 Å². The number of hydrogen-bond donors (Lipinski definition) is 1. The summed E-state index contributed by atoms with van der Waals surface area (Å²) in [6.45, 7) is 1.11. The molecule has 0 aromatic heterocycles. The van der Waals surface area contributed by atoms with E-state index in [-0.39, 0.29) is 17.9 Å². The second-order valence-corrected chi connectivity index (χ2v) is 12.0. The molecule has 1 saturated carbocycles. The summed E-state index contributed by atoms with van der Waals surface area (Å²) in [6.07, 6.45) is 7.21. The van der Waals surface area contributed by atoms with Crippen molar-refractivity contribution in [2.24, 2.45) is 0 Å². The van der Waals surface area contributed by atoms with Gasteiger partial charge in [0.05, 0.1) is 4.91 Å². The summed E-state index contributed by atoms with van der Waals surface area (Å²) >= 11 is 13.9. The molecular formula is C31H30Cl2N2O2S. The zero-order valence-corrected chi connectivity index (χ0v) is 23.4. The lowest BCUT2D eigenvalue weighted by atomic mass is 9.92. The molecule has 7 heteroatoms. The number of amides is 2. The van der Waals surface area contributed by atoms with Gasteiger partial charge in [0.15, 0.2) is 0 Å². The van der Waals surface area contributed by atoms with Crippen LogP contribution >= 0.6 is 35.0 Å². The van der Waals surface area contributed by atoms with Gasteiger partial charge < -0.3 is 10.2 Å². The van der Waals surface area contributed by atoms with Gasteiger partial charge in [0.25, 0.3) is 11.8 Å². The fourth-order valence-electron chi connectivity index (χ4n) is 5.15. The number of carbonyl (C=O) groups is 2. The van der Waals surface area contributed by atoms with Gasteiger partial charge in [0.1, 0.15) is 0 Å². The molecule has 2 amide bonds. The summed E-state index contributed by atoms with van der Waals surface area (Å²) in [5, 5.41) is 4.76. The summed E-state index contributed by atoms with van der Waals surface area (Å²) < 4.78 is 0. The smallest absolute Gasteiger partial charge is 0.260 e. The van der Waals surface area contributed by atoms with E-state index >= 15 is 0 Å². The normalized spacial score (nSPS) is 20.3. The summed E-state index contributed by atoms with van der Waals surface area (Å²) in [5.74, 6) is -0.0406. The van der Waals surface area contributed by atoms with Crippen LogP contribution in [0.15, 0.2) is 77.7 Å². The van der Waals surface area contributed by atoms with Crippen LogP contribution in [0.5, 0.6) is 0 Å². The summed E-state index contributed by atoms with van der Waals surface area (Å²) in [6, 6.07) is 23.1. The summed E-state index contributed by atoms with van der Waals surface area (Å²) in [5.41, 5.74) is 3.68. The molecule has 2 atom stereocenters. The van der Waals surface area contributed by atoms with Crippen LogP contribution in [0.1, 0.15) is 52.7 Å². The van der Waals surface area contributed by atoms with Crippen molar-refractivity contribution >= 4 is 52.9 Å². The monoisotopic (exact) mass is 564 g/mol. The molecule has 3 aromatic rings. The predicted octanol–water partition coefficient (Wildman–Crippen LogP) is 7.39. The van der Waals surface area contributed by atoms with Gasteiger partial charge in [-0.3, -0.25) is 9.59 Å². The third kappa shape index (κ3) is 6.63. The Morgan fingerprint density at radius 2 is 1.71 bits per heavy atom. The van der Waals surface area contributed by atoms with E-state index in [9.17, 15) is 9.59 Å². The number of fused-ring (bicyclic) bond motifs is 1. The number of hydrogen-bond acceptors (Lipinski definition) is 3. The molecule has 1 aliphatic heterocycles. The molecule has 0 radical (unpaired) electrons. The standard InChI is InChI=1S/C31H30Cl2N2O2S/c32-25-14-10-21(11-15-25)16-17-34-30(36)24-12-8-22(9-13-24)19-29-31(37)35(20-23-4-3-5-26(33)18-23)27-6-1-2-7-28(27)38-29/h3-5,8-15,18-19,27-28H,1-2,6-7,16-17,20H2,(H,34,36)/b29-19+. The van der Waals surface area contributed by atoms with Crippen molar-refractivity contribution in [2.45, 2.75) is 49.9 Å². The van der Waals surface area contributed by atoms with Gasteiger partial charge >= 0.3 is 0 Å². The van der Waals surface area contributed by atoms with E-state index in [1.54, 1.807) is 11.8 Å². The number of rotatable bonds is 7. The van der Waals surface area contributed by atoms with E-state index in [1.807, 2.05) is 83.8 Å². The van der Waals surface area contributed by atoms with Crippen LogP contribution < -0.4 is 5.32 Å². The first-order chi connectivity index (χ1) is 18.5. The van der Waals surface area contributed by atoms with Crippen molar-refractivity contribution < 1.29 is 9.59 Å². The van der Waals surface area contributed by atoms with Crippen molar-refractivity contribution in [1.29, 1.82) is 0 Å². The highest BCUT2D eigenvalue weighted by Gasteiger charge is 2.40. The second-order valence-electron chi connectivity index (χ2n) is 9.83. The third-order valence-electron chi connectivity index (χ3n) is 7.14. The molecule has 3 aromatic carbocycles. The van der Waals surface area contributed by atoms with Crippen LogP contribution in [0.2, 0.25) is 10.0 Å². The maximum Gasteiger partial charge on any atom is 0.260 e. The number of nitrogens with zero attached hydrogens (tertiary/aromatic N) is 1. The molecule has 1 N–H and O–H groups in total. The Kier molecular flexibility index (Phi) is 8.78. The van der Waals surface area contributed by atoms with Crippen molar-refractivity contribution in [1.82, 2.24) is 10.2 Å². The number of thioether (sulfide) groups is 1. The van der Waals surface area contributed by atoms with E-state index < -0.39 is 0 Å². The zero-order valence-electron chi connectivity index (χ0n) is 21.0. The van der Waals surface area contributed by atoms with Crippen LogP contribution in [-0.2, 0) is 17.8 Å². The Morgan fingerprint density at radius 1 is 0.947 bits per heavy atom. The molecule has 0 spiro atoms. The van der Waals surface area contributed by atoms with E-state index in [1.165, 1.54) is 6.42 Å². The lowest BCUT2D eigenvalue weighted by Crippen LogP contribution is -2.50. The highest BCUT2D eigenvalue weighted by Crippen LogP contribution is 2.42. The molecule has 1 heterocycles. The first-order valence-corrected chi connectivity index (χ1v) is 14.7. The minimum atomic E-state index is -0.112. The largest absolute Gasteiger partial charge is 0.352 e. The maximum absolute atomic E-state index is 13.6. The molecule has 38 heavy (non-hydrogen) atoms. The Morgan fingerprint density at radius 3 is 2.47 bits per heavy atom. The number of halogens is 2. The topological polar surface area (TPSA) is 49.4 Å². The highest BCUT2D eigenvalue weighted by molar-refractivity contribution is 8.04. The van der Waals surface area contributed by atoms with Crippen molar-refractivity contribution in [2.75, 3.05) is 6.54 Å². The van der Waals surface area contributed by atoms with Crippen molar-refractivity contribution in [3.05, 3.63) is 110 Å². The van der Waals surface area contributed by atoms with E-state index in [2.05, 4.69) is 5.32 Å². The van der Waals surface area contributed by atoms with Crippen molar-refractivity contribution in [3.8, 4) is 0 Å². The Balaban J connectivity index is 1.26. The second kappa shape index (κ2) is 12.4. The lowest BCUT2D eigenvalue weighted by Gasteiger charge is -2.44. The molecule has 4 nitrogen and oxygen atoms in total. The number of benzene rings is 3. The fraction of sp³-hybridized carbons (Fsp3) is 0.290. The average Bonchev–Trinajstić information content (AvgIpc) is 2.92. The van der Waals surface area contributed by atoms with Gasteiger partial charge in [-0.05, 0) is 78.4 Å². The molecule has 5 rings (SSSR count). The first-order valence-electron chi connectivity index (χ1n) is 13.0. The van der Waals surface area contributed by atoms with Crippen LogP contribution in [0.4, 0.5) is 0 Å². The van der Waals surface area contributed by atoms with Gasteiger partial charge in [0, 0.05) is 40.0 Å². The van der Waals surface area contributed by atoms with Gasteiger partial charge in [-0.25, -0.2) is 0 Å². The summed E-state index contributed by atoms with van der Waals surface area (Å²) in [4.78, 5) is 29.1. The third-order valence-corrected chi connectivity index (χ3v) is 9.03. The summed E-state index contributed by atoms with van der Waals surface area (Å²) in [7, 11) is 0. The molecule has 2 fully saturated rings. The van der Waals surface area contributed by atoms with E-state index in [4.69, 9.17) is 23.2 Å². The van der Waals surface area contributed by atoms with Crippen LogP contribution in [0.3, 0.4) is 0 Å². The molecule has 1 saturated heterocycles. The van der Waals surface area contributed by atoms with Crippen LogP contribution in [-0.4, -0.2) is 34.6 Å². The average molecular weight is 566 g/mol. The Hall–Kier alpha value is -2.73. The predicted molar refractivity (Wildman–Crippen MR) is 158 cm³/mol. The molecule has 2 aliphatic rings. The van der Waals surface area contributed by atoms with Gasteiger partial charge in [-0.15, -0.1) is 11.8 Å². The van der Waals surface area contributed by atoms with Crippen LogP contribution in [0, 0.1) is 0 Å². The molecule has 196 valence electrons. The molecule has 1 aliphatic carbocycles. The first kappa shape index (κ1) is 26.9. The highest BCUT2D eigenvalue weighted by atomic mass is 35.5. The quantitative estimate of drug-likeness (QED) is 0.304. The maximum atomic E-state index is 13.6. The van der Waals surface area contributed by atoms with Gasteiger partial charge in [-0.2, -0.15) is 0 Å². The van der Waals surface area contributed by atoms with E-state index in [0.717, 1.165) is 47.3 Å². The Bertz CT molecular complexity index is 1320. The Labute approximate surface area is 238 Å².